The third kappa shape index (κ3) is 4.45. The molecule has 0 bridgehead atoms. The summed E-state index contributed by atoms with van der Waals surface area (Å²) in [6.07, 6.45) is 8.11. The Bertz CT molecular complexity index is 874. The molecule has 35 heavy (non-hydrogen) atoms. The number of hydrogen-bond donors (Lipinski definition) is 0. The second-order valence-corrected chi connectivity index (χ2v) is 19.4. The number of aryl methyl sites for hydroxylation is 1. The number of ether oxygens (including phenoxy) is 1. The van der Waals surface area contributed by atoms with Gasteiger partial charge in [0.05, 0.1) is 7.11 Å². The quantitative estimate of drug-likeness (QED) is 0.232. The minimum atomic E-state index is -2.03. The van der Waals surface area contributed by atoms with E-state index in [1.165, 1.54) is 44.1 Å². The third-order valence-corrected chi connectivity index (χ3v) is 18.0. The number of benzene rings is 1. The van der Waals surface area contributed by atoms with E-state index >= 15 is 0 Å². The molecule has 0 heterocycles. The Balaban J connectivity index is 1.67. The second kappa shape index (κ2) is 10.3. The maximum absolute atomic E-state index is 7.16. The molecule has 6 atom stereocenters. The van der Waals surface area contributed by atoms with E-state index in [1.807, 2.05) is 7.11 Å². The molecule has 4 rings (SSSR count). The van der Waals surface area contributed by atoms with Crippen molar-refractivity contribution in [2.24, 2.45) is 29.1 Å². The Hall–Kier alpha value is -0.483. The van der Waals surface area contributed by atoms with Crippen molar-refractivity contribution in [3.8, 4) is 11.5 Å². The first kappa shape index (κ1) is 27.5. The Kier molecular flexibility index (Phi) is 8.15. The number of fused-ring (bicyclic) bond motifs is 5. The van der Waals surface area contributed by atoms with E-state index < -0.39 is 8.32 Å². The van der Waals surface area contributed by atoms with Crippen LogP contribution in [0.5, 0.6) is 11.5 Å². The highest BCUT2D eigenvalue weighted by atomic mass is 79.9. The molecule has 0 radical (unpaired) electrons. The topological polar surface area (TPSA) is 18.5 Å². The van der Waals surface area contributed by atoms with Crippen LogP contribution in [-0.2, 0) is 6.42 Å². The summed E-state index contributed by atoms with van der Waals surface area (Å²) >= 11 is 3.80. The van der Waals surface area contributed by atoms with Crippen LogP contribution in [-0.4, -0.2) is 20.8 Å². The zero-order valence-electron chi connectivity index (χ0n) is 23.9. The van der Waals surface area contributed by atoms with Crippen LogP contribution < -0.4 is 9.16 Å². The van der Waals surface area contributed by atoms with E-state index in [9.17, 15) is 0 Å². The first-order chi connectivity index (χ1) is 16.5. The maximum Gasteiger partial charge on any atom is 0.258 e. The van der Waals surface area contributed by atoms with E-state index in [2.05, 4.69) is 83.5 Å². The molecule has 0 aromatic heterocycles. The Morgan fingerprint density at radius 1 is 0.943 bits per heavy atom. The van der Waals surface area contributed by atoms with Crippen LogP contribution in [0.2, 0.25) is 16.6 Å². The van der Waals surface area contributed by atoms with Gasteiger partial charge in [0, 0.05) is 5.33 Å². The Morgan fingerprint density at radius 3 is 2.17 bits per heavy atom. The summed E-state index contributed by atoms with van der Waals surface area (Å²) in [7, 11) is -0.197. The molecule has 0 spiro atoms. The van der Waals surface area contributed by atoms with Gasteiger partial charge >= 0.3 is 0 Å². The molecule has 1 aromatic rings. The number of alkyl halides is 1. The van der Waals surface area contributed by atoms with Crippen molar-refractivity contribution in [2.45, 2.75) is 116 Å². The summed E-state index contributed by atoms with van der Waals surface area (Å²) in [5.74, 6) is 6.05. The highest BCUT2D eigenvalue weighted by molar-refractivity contribution is 9.09. The normalized spacial score (nSPS) is 31.3. The molecular formula is C31H51BrO2Si. The fourth-order valence-electron chi connectivity index (χ4n) is 9.44. The minimum absolute atomic E-state index is 0.524. The van der Waals surface area contributed by atoms with Crippen molar-refractivity contribution in [1.29, 1.82) is 0 Å². The molecule has 198 valence electrons. The van der Waals surface area contributed by atoms with Crippen molar-refractivity contribution in [3.63, 3.8) is 0 Å². The fourth-order valence-corrected chi connectivity index (χ4v) is 15.1. The molecule has 4 heteroatoms. The summed E-state index contributed by atoms with van der Waals surface area (Å²) in [6, 6.07) is 4.80. The lowest BCUT2D eigenvalue weighted by atomic mass is 9.53. The zero-order valence-corrected chi connectivity index (χ0v) is 26.5. The Labute approximate surface area is 225 Å². The maximum atomic E-state index is 7.16. The predicted molar refractivity (Wildman–Crippen MR) is 156 cm³/mol. The summed E-state index contributed by atoms with van der Waals surface area (Å²) in [4.78, 5) is 0. The lowest BCUT2D eigenvalue weighted by Gasteiger charge is -2.52. The fraction of sp³-hybridized carbons (Fsp3) is 0.806. The largest absolute Gasteiger partial charge is 0.540 e. The number of methoxy groups -OCH3 is 1. The predicted octanol–water partition coefficient (Wildman–Crippen LogP) is 9.75. The van der Waals surface area contributed by atoms with Crippen LogP contribution in [0.4, 0.5) is 0 Å². The molecule has 0 N–H and O–H groups in total. The molecule has 0 amide bonds. The van der Waals surface area contributed by atoms with Gasteiger partial charge < -0.3 is 9.16 Å². The van der Waals surface area contributed by atoms with Crippen LogP contribution in [0.25, 0.3) is 0 Å². The molecular weight excluding hydrogens is 512 g/mol. The number of hydrogen-bond acceptors (Lipinski definition) is 2. The second-order valence-electron chi connectivity index (χ2n) is 13.4. The van der Waals surface area contributed by atoms with Crippen molar-refractivity contribution in [2.75, 3.05) is 12.4 Å². The van der Waals surface area contributed by atoms with Gasteiger partial charge in [0.1, 0.15) is 5.75 Å². The minimum Gasteiger partial charge on any atom is -0.540 e. The average Bonchev–Trinajstić information content (AvgIpc) is 3.17. The van der Waals surface area contributed by atoms with Gasteiger partial charge in [-0.2, -0.15) is 0 Å². The van der Waals surface area contributed by atoms with Gasteiger partial charge in [-0.25, -0.2) is 0 Å². The van der Waals surface area contributed by atoms with Crippen molar-refractivity contribution in [1.82, 2.24) is 0 Å². The molecule has 2 nitrogen and oxygen atoms in total. The van der Waals surface area contributed by atoms with E-state index in [0.29, 0.717) is 28.0 Å². The lowest BCUT2D eigenvalue weighted by molar-refractivity contribution is 0.0149. The first-order valence-corrected chi connectivity index (χ1v) is 17.7. The highest BCUT2D eigenvalue weighted by Gasteiger charge is 2.55. The van der Waals surface area contributed by atoms with Crippen LogP contribution in [0.1, 0.15) is 105 Å². The third-order valence-electron chi connectivity index (χ3n) is 11.0. The van der Waals surface area contributed by atoms with Crippen molar-refractivity contribution < 1.29 is 9.16 Å². The van der Waals surface area contributed by atoms with Gasteiger partial charge in [0.2, 0.25) is 0 Å². The summed E-state index contributed by atoms with van der Waals surface area (Å²) < 4.78 is 13.2. The first-order valence-electron chi connectivity index (χ1n) is 14.5. The van der Waals surface area contributed by atoms with Crippen molar-refractivity contribution in [3.05, 3.63) is 23.3 Å². The molecule has 0 saturated heterocycles. The molecule has 2 fully saturated rings. The lowest BCUT2D eigenvalue weighted by Crippen LogP contribution is -2.50. The van der Waals surface area contributed by atoms with Crippen molar-refractivity contribution >= 4 is 24.2 Å². The van der Waals surface area contributed by atoms with E-state index in [4.69, 9.17) is 9.16 Å². The molecule has 3 aliphatic rings. The molecule has 0 aliphatic heterocycles. The smallest absolute Gasteiger partial charge is 0.258 e. The standard InChI is InChI=1S/C31H51BrO2Si/c1-19(2)35(20(3)4,21(5)6)34-30-16-23-10-11-25-24(26(23)17-29(30)33-9)14-15-31(8)27(22(7)18-32)12-13-28(25)31/h16-17,19-22,24-25,27-28H,10-15,18H2,1-9H3/t22?,24-,25+,27+,28-,31+/m0/s1. The molecule has 3 aliphatic carbocycles. The zero-order chi connectivity index (χ0) is 25.7. The summed E-state index contributed by atoms with van der Waals surface area (Å²) in [6.45, 7) is 19.3. The molecule has 1 unspecified atom stereocenters. The monoisotopic (exact) mass is 562 g/mol. The van der Waals surface area contributed by atoms with Gasteiger partial charge in [0.25, 0.3) is 8.32 Å². The molecule has 2 saturated carbocycles. The summed E-state index contributed by atoms with van der Waals surface area (Å²) in [5.41, 5.74) is 5.31. The van der Waals surface area contributed by atoms with E-state index in [0.717, 1.165) is 40.5 Å². The van der Waals surface area contributed by atoms with Crippen LogP contribution in [0.3, 0.4) is 0 Å². The molecule has 1 aromatic carbocycles. The van der Waals surface area contributed by atoms with Gasteiger partial charge in [0.15, 0.2) is 5.75 Å². The van der Waals surface area contributed by atoms with E-state index in [1.54, 1.807) is 5.56 Å². The van der Waals surface area contributed by atoms with Crippen LogP contribution in [0, 0.1) is 29.1 Å². The Morgan fingerprint density at radius 2 is 1.60 bits per heavy atom. The van der Waals surface area contributed by atoms with Gasteiger partial charge in [-0.1, -0.05) is 71.3 Å². The van der Waals surface area contributed by atoms with Gasteiger partial charge in [-0.3, -0.25) is 0 Å². The van der Waals surface area contributed by atoms with Crippen LogP contribution >= 0.6 is 15.9 Å². The van der Waals surface area contributed by atoms with Gasteiger partial charge in [-0.05, 0) is 113 Å². The highest BCUT2D eigenvalue weighted by Crippen LogP contribution is 2.64. The van der Waals surface area contributed by atoms with Crippen LogP contribution in [0.15, 0.2) is 12.1 Å². The summed E-state index contributed by atoms with van der Waals surface area (Å²) in [5, 5.41) is 1.14. The number of rotatable bonds is 8. The van der Waals surface area contributed by atoms with E-state index in [-0.39, 0.29) is 0 Å². The SMILES string of the molecule is COc1cc2c(cc1O[Si](C(C)C)(C(C)C)C(C)C)CC[C@@H]1[C@@H]2CC[C@]2(C)[C@@H](C(C)CBr)CC[C@@H]12. The average molecular weight is 564 g/mol. The number of halogens is 1. The van der Waals surface area contributed by atoms with Gasteiger partial charge in [-0.15, -0.1) is 0 Å².